The van der Waals surface area contributed by atoms with E-state index in [0.29, 0.717) is 6.04 Å². The molecule has 1 unspecified atom stereocenters. The quantitative estimate of drug-likeness (QED) is 0.777. The number of nitrogens with one attached hydrogen (secondary N) is 1. The van der Waals surface area contributed by atoms with Gasteiger partial charge in [0.15, 0.2) is 0 Å². The molecule has 0 spiro atoms. The minimum Gasteiger partial charge on any atom is -0.380 e. The third-order valence-corrected chi connectivity index (χ3v) is 2.87. The normalized spacial score (nSPS) is 12.6. The van der Waals surface area contributed by atoms with Crippen LogP contribution in [0.4, 0.5) is 0 Å². The van der Waals surface area contributed by atoms with Crippen LogP contribution < -0.4 is 5.32 Å². The first-order chi connectivity index (χ1) is 8.27. The molecular weight excluding hydrogens is 236 g/mol. The average Bonchev–Trinajstić information content (AvgIpc) is 2.35. The Kier molecular flexibility index (Phi) is 7.17. The van der Waals surface area contributed by atoms with Crippen LogP contribution in [-0.2, 0) is 11.2 Å². The molecule has 96 valence electrons. The molecule has 0 saturated heterocycles. The molecule has 0 aliphatic heterocycles. The van der Waals surface area contributed by atoms with Gasteiger partial charge in [0.25, 0.3) is 0 Å². The first-order valence-electron chi connectivity index (χ1n) is 6.17. The van der Waals surface area contributed by atoms with Gasteiger partial charge in [-0.15, -0.1) is 0 Å². The number of halogens is 1. The molecule has 1 heterocycles. The van der Waals surface area contributed by atoms with Gasteiger partial charge in [-0.2, -0.15) is 0 Å². The van der Waals surface area contributed by atoms with E-state index in [1.165, 1.54) is 0 Å². The van der Waals surface area contributed by atoms with Crippen LogP contribution in [-0.4, -0.2) is 30.8 Å². The van der Waals surface area contributed by atoms with Crippen molar-refractivity contribution in [3.63, 3.8) is 0 Å². The van der Waals surface area contributed by atoms with Crippen molar-refractivity contribution in [2.45, 2.75) is 32.7 Å². The van der Waals surface area contributed by atoms with E-state index in [1.807, 2.05) is 13.0 Å². The Morgan fingerprint density at radius 1 is 1.47 bits per heavy atom. The van der Waals surface area contributed by atoms with Gasteiger partial charge in [-0.1, -0.05) is 18.5 Å². The minimum atomic E-state index is 0.315. The van der Waals surface area contributed by atoms with Crippen molar-refractivity contribution in [2.24, 2.45) is 0 Å². The van der Waals surface area contributed by atoms with Crippen LogP contribution in [0, 0.1) is 0 Å². The molecule has 0 aromatic carbocycles. The zero-order valence-electron chi connectivity index (χ0n) is 10.6. The number of aromatic nitrogens is 1. The fraction of sp³-hybridized carbons (Fsp3) is 0.615. The molecule has 0 saturated carbocycles. The number of hydrogen-bond acceptors (Lipinski definition) is 3. The summed E-state index contributed by atoms with van der Waals surface area (Å²) in [5, 5.41) is 4.20. The maximum atomic E-state index is 6.11. The van der Waals surface area contributed by atoms with E-state index in [9.17, 15) is 0 Å². The van der Waals surface area contributed by atoms with Gasteiger partial charge < -0.3 is 10.1 Å². The van der Waals surface area contributed by atoms with Crippen LogP contribution in [0.3, 0.4) is 0 Å². The van der Waals surface area contributed by atoms with Crippen molar-refractivity contribution in [3.8, 4) is 0 Å². The van der Waals surface area contributed by atoms with Crippen molar-refractivity contribution < 1.29 is 4.74 Å². The molecule has 4 heteroatoms. The first-order valence-corrected chi connectivity index (χ1v) is 6.55. The molecule has 0 radical (unpaired) electrons. The van der Waals surface area contributed by atoms with E-state index in [4.69, 9.17) is 16.3 Å². The standard InChI is InChI=1S/C13H21ClN2O/c1-3-6-16-12(10-17-4-2)8-11-5-7-15-9-13(11)14/h5,7,9,12,16H,3-4,6,8,10H2,1-2H3. The molecule has 0 aliphatic rings. The number of pyridine rings is 1. The summed E-state index contributed by atoms with van der Waals surface area (Å²) in [5.74, 6) is 0. The van der Waals surface area contributed by atoms with Crippen molar-refractivity contribution >= 4 is 11.6 Å². The van der Waals surface area contributed by atoms with E-state index in [-0.39, 0.29) is 0 Å². The maximum absolute atomic E-state index is 6.11. The summed E-state index contributed by atoms with van der Waals surface area (Å²) in [4.78, 5) is 3.99. The molecule has 0 fully saturated rings. The van der Waals surface area contributed by atoms with Crippen molar-refractivity contribution in [1.82, 2.24) is 10.3 Å². The van der Waals surface area contributed by atoms with Gasteiger partial charge >= 0.3 is 0 Å². The zero-order chi connectivity index (χ0) is 12.5. The Labute approximate surface area is 109 Å². The number of rotatable bonds is 8. The highest BCUT2D eigenvalue weighted by atomic mass is 35.5. The monoisotopic (exact) mass is 256 g/mol. The SMILES string of the molecule is CCCNC(COCC)Cc1ccncc1Cl. The third-order valence-electron chi connectivity index (χ3n) is 2.53. The lowest BCUT2D eigenvalue weighted by atomic mass is 10.1. The van der Waals surface area contributed by atoms with E-state index >= 15 is 0 Å². The highest BCUT2D eigenvalue weighted by molar-refractivity contribution is 6.31. The topological polar surface area (TPSA) is 34.1 Å². The van der Waals surface area contributed by atoms with Crippen LogP contribution >= 0.6 is 11.6 Å². The fourth-order valence-corrected chi connectivity index (χ4v) is 1.83. The second-order valence-electron chi connectivity index (χ2n) is 3.98. The summed E-state index contributed by atoms with van der Waals surface area (Å²) in [6.45, 7) is 6.63. The average molecular weight is 257 g/mol. The summed E-state index contributed by atoms with van der Waals surface area (Å²) in [5.41, 5.74) is 1.12. The van der Waals surface area contributed by atoms with Crippen LogP contribution in [0.1, 0.15) is 25.8 Å². The predicted molar refractivity (Wildman–Crippen MR) is 71.5 cm³/mol. The Balaban J connectivity index is 2.55. The molecule has 1 atom stereocenters. The summed E-state index contributed by atoms with van der Waals surface area (Å²) >= 11 is 6.11. The fourth-order valence-electron chi connectivity index (χ4n) is 1.63. The van der Waals surface area contributed by atoms with Crippen LogP contribution in [0.2, 0.25) is 5.02 Å². The molecule has 0 aliphatic carbocycles. The predicted octanol–water partition coefficient (Wildman–Crippen LogP) is 2.68. The molecule has 17 heavy (non-hydrogen) atoms. The van der Waals surface area contributed by atoms with E-state index < -0.39 is 0 Å². The number of hydrogen-bond donors (Lipinski definition) is 1. The van der Waals surface area contributed by atoms with Gasteiger partial charge in [0.2, 0.25) is 0 Å². The van der Waals surface area contributed by atoms with Crippen molar-refractivity contribution in [1.29, 1.82) is 0 Å². The third kappa shape index (κ3) is 5.48. The zero-order valence-corrected chi connectivity index (χ0v) is 11.3. The molecule has 1 aromatic rings. The lowest BCUT2D eigenvalue weighted by Gasteiger charge is -2.18. The molecule has 0 bridgehead atoms. The van der Waals surface area contributed by atoms with Gasteiger partial charge in [-0.25, -0.2) is 0 Å². The van der Waals surface area contributed by atoms with Crippen LogP contribution in [0.25, 0.3) is 0 Å². The summed E-state index contributed by atoms with van der Waals surface area (Å²) in [7, 11) is 0. The molecule has 1 rings (SSSR count). The summed E-state index contributed by atoms with van der Waals surface area (Å²) < 4.78 is 5.48. The van der Waals surface area contributed by atoms with Gasteiger partial charge in [0.05, 0.1) is 11.6 Å². The highest BCUT2D eigenvalue weighted by Crippen LogP contribution is 2.15. The van der Waals surface area contributed by atoms with Gasteiger partial charge in [-0.3, -0.25) is 4.98 Å². The van der Waals surface area contributed by atoms with E-state index in [2.05, 4.69) is 17.2 Å². The highest BCUT2D eigenvalue weighted by Gasteiger charge is 2.10. The van der Waals surface area contributed by atoms with Crippen molar-refractivity contribution in [2.75, 3.05) is 19.8 Å². The first kappa shape index (κ1) is 14.4. The summed E-state index contributed by atoms with van der Waals surface area (Å²) in [6.07, 6.45) is 5.46. The van der Waals surface area contributed by atoms with Gasteiger partial charge in [0.1, 0.15) is 0 Å². The minimum absolute atomic E-state index is 0.315. The second kappa shape index (κ2) is 8.45. The molecule has 1 N–H and O–H groups in total. The Morgan fingerprint density at radius 3 is 2.94 bits per heavy atom. The largest absolute Gasteiger partial charge is 0.380 e. The lowest BCUT2D eigenvalue weighted by molar-refractivity contribution is 0.122. The Bertz CT molecular complexity index is 312. The van der Waals surface area contributed by atoms with Crippen molar-refractivity contribution in [3.05, 3.63) is 29.0 Å². The Morgan fingerprint density at radius 2 is 2.29 bits per heavy atom. The molecule has 3 nitrogen and oxygen atoms in total. The van der Waals surface area contributed by atoms with Crippen LogP contribution in [0.5, 0.6) is 0 Å². The molecule has 1 aromatic heterocycles. The lowest BCUT2D eigenvalue weighted by Crippen LogP contribution is -2.36. The van der Waals surface area contributed by atoms with Crippen LogP contribution in [0.15, 0.2) is 18.5 Å². The maximum Gasteiger partial charge on any atom is 0.0622 e. The number of nitrogens with zero attached hydrogens (tertiary/aromatic N) is 1. The summed E-state index contributed by atoms with van der Waals surface area (Å²) in [6, 6.07) is 2.28. The van der Waals surface area contributed by atoms with E-state index in [0.717, 1.165) is 43.2 Å². The van der Waals surface area contributed by atoms with Gasteiger partial charge in [-0.05, 0) is 37.9 Å². The Hall–Kier alpha value is -0.640. The van der Waals surface area contributed by atoms with E-state index in [1.54, 1.807) is 12.4 Å². The number of ether oxygens (including phenoxy) is 1. The second-order valence-corrected chi connectivity index (χ2v) is 4.39. The molecule has 0 amide bonds. The molecular formula is C13H21ClN2O. The van der Waals surface area contributed by atoms with Gasteiger partial charge in [0, 0.05) is 25.0 Å². The smallest absolute Gasteiger partial charge is 0.0622 e.